The van der Waals surface area contributed by atoms with Crippen molar-refractivity contribution in [1.29, 1.82) is 0 Å². The maximum atomic E-state index is 11.0. The van der Waals surface area contributed by atoms with E-state index in [9.17, 15) is 30.6 Å². The molecule has 0 saturated carbocycles. The maximum absolute atomic E-state index is 11.0. The van der Waals surface area contributed by atoms with Gasteiger partial charge in [-0.1, -0.05) is 131 Å². The summed E-state index contributed by atoms with van der Waals surface area (Å²) in [7, 11) is 0. The molecule has 0 saturated heterocycles. The van der Waals surface area contributed by atoms with E-state index < -0.39 is 5.41 Å². The van der Waals surface area contributed by atoms with E-state index in [4.69, 9.17) is 0 Å². The molecule has 0 radical (unpaired) electrons. The summed E-state index contributed by atoms with van der Waals surface area (Å²) >= 11 is 0. The molecule has 6 heteroatoms. The zero-order valence-electron chi connectivity index (χ0n) is 40.8. The Hall–Kier alpha value is -6.80. The molecule has 352 valence electrons. The Morgan fingerprint density at radius 3 is 1.24 bits per heavy atom. The molecule has 8 aromatic rings. The van der Waals surface area contributed by atoms with Crippen molar-refractivity contribution in [3.8, 4) is 67.1 Å². The summed E-state index contributed by atoms with van der Waals surface area (Å²) < 4.78 is 0. The third-order valence-electron chi connectivity index (χ3n) is 16.7. The molecule has 70 heavy (non-hydrogen) atoms. The third-order valence-corrected chi connectivity index (χ3v) is 16.7. The van der Waals surface area contributed by atoms with Crippen LogP contribution in [-0.2, 0) is 49.1 Å². The van der Waals surface area contributed by atoms with Crippen molar-refractivity contribution in [2.24, 2.45) is 0 Å². The van der Waals surface area contributed by atoms with Crippen LogP contribution in [0.5, 0.6) is 11.5 Å². The Kier molecular flexibility index (Phi) is 10.9. The second kappa shape index (κ2) is 16.7. The summed E-state index contributed by atoms with van der Waals surface area (Å²) in [5, 5.41) is 63.1. The van der Waals surface area contributed by atoms with Gasteiger partial charge in [-0.2, -0.15) is 0 Å². The van der Waals surface area contributed by atoms with Crippen LogP contribution in [0.25, 0.3) is 55.6 Å². The van der Waals surface area contributed by atoms with Crippen LogP contribution in [0.1, 0.15) is 119 Å². The Labute approximate surface area is 410 Å². The van der Waals surface area contributed by atoms with Crippen molar-refractivity contribution < 1.29 is 30.6 Å². The molecule has 0 heterocycles. The van der Waals surface area contributed by atoms with E-state index in [1.165, 1.54) is 61.2 Å². The fraction of sp³-hybridized carbons (Fsp3) is 0.250. The fourth-order valence-corrected chi connectivity index (χ4v) is 12.8. The van der Waals surface area contributed by atoms with Crippen LogP contribution >= 0.6 is 0 Å². The van der Waals surface area contributed by atoms with Crippen LogP contribution in [-0.4, -0.2) is 30.6 Å². The highest BCUT2D eigenvalue weighted by Crippen LogP contribution is 2.59. The van der Waals surface area contributed by atoms with Gasteiger partial charge in [-0.3, -0.25) is 0 Å². The molecule has 0 aliphatic heterocycles. The molecule has 0 bridgehead atoms. The minimum Gasteiger partial charge on any atom is -0.507 e. The lowest BCUT2D eigenvalue weighted by atomic mass is 9.63. The topological polar surface area (TPSA) is 121 Å². The number of rotatable bonds is 11. The van der Waals surface area contributed by atoms with Crippen molar-refractivity contribution in [1.82, 2.24) is 0 Å². The van der Waals surface area contributed by atoms with Crippen LogP contribution in [0.2, 0.25) is 0 Å². The molecule has 0 spiro atoms. The largest absolute Gasteiger partial charge is 0.507 e. The molecule has 11 rings (SSSR count). The first-order chi connectivity index (χ1) is 33.6. The molecule has 2 atom stereocenters. The lowest BCUT2D eigenvalue weighted by molar-refractivity contribution is 0.262. The minimum atomic E-state index is -0.661. The van der Waals surface area contributed by atoms with Gasteiger partial charge in [0.1, 0.15) is 11.5 Å². The summed E-state index contributed by atoms with van der Waals surface area (Å²) in [5.74, 6) is -0.429. The molecular formula is C64H60O6. The van der Waals surface area contributed by atoms with Crippen molar-refractivity contribution in [2.45, 2.75) is 103 Å². The molecule has 6 N–H and O–H groups in total. The van der Waals surface area contributed by atoms with Crippen LogP contribution in [0.3, 0.4) is 0 Å². The van der Waals surface area contributed by atoms with E-state index in [1.807, 2.05) is 24.3 Å². The Balaban J connectivity index is 1.01. The van der Waals surface area contributed by atoms with Crippen LogP contribution in [0, 0.1) is 6.92 Å². The predicted octanol–water partition coefficient (Wildman–Crippen LogP) is 13.0. The quantitative estimate of drug-likeness (QED) is 0.0768. The van der Waals surface area contributed by atoms with Crippen LogP contribution in [0.15, 0.2) is 140 Å². The Morgan fingerprint density at radius 1 is 0.414 bits per heavy atom. The highest BCUT2D eigenvalue weighted by atomic mass is 16.3. The number of phenols is 2. The standard InChI is InChI=1S/C64H60O6/c1-36-11-16-49-50-17-12-39(28-56(50)62(3,4)55(49)23-36)40-13-18-51-52-19-14-41(30-58(52)63(5,6)57(51)29-40)42-15-20-53-48-9-7-8-10-54(48)64(59(53)31-42,22-21-38-24-44(32-65)60(69)45(25-38)33-66)37(2)43-26-46(34-67)61(70)47(27-43)35-68/h7-20,23-31,37,65-70H,21-22,32-35H2,1-6H3. The first-order valence-corrected chi connectivity index (χ1v) is 24.6. The number of hydrogen-bond donors (Lipinski definition) is 6. The van der Waals surface area contributed by atoms with E-state index >= 15 is 0 Å². The maximum Gasteiger partial charge on any atom is 0.126 e. The summed E-state index contributed by atoms with van der Waals surface area (Å²) in [5.41, 5.74) is 23.2. The average molecular weight is 925 g/mol. The second-order valence-corrected chi connectivity index (χ2v) is 21.2. The summed E-state index contributed by atoms with van der Waals surface area (Å²) in [6, 6.07) is 50.5. The first kappa shape index (κ1) is 45.6. The molecular weight excluding hydrogens is 865 g/mol. The molecule has 6 nitrogen and oxygen atoms in total. The molecule has 0 amide bonds. The smallest absolute Gasteiger partial charge is 0.126 e. The molecule has 0 fully saturated rings. The number of aliphatic hydroxyl groups is 4. The van der Waals surface area contributed by atoms with Crippen molar-refractivity contribution in [3.05, 3.63) is 212 Å². The normalized spacial score (nSPS) is 16.8. The minimum absolute atomic E-state index is 0.0900. The fourth-order valence-electron chi connectivity index (χ4n) is 12.8. The van der Waals surface area contributed by atoms with Crippen LogP contribution in [0.4, 0.5) is 0 Å². The van der Waals surface area contributed by atoms with Gasteiger partial charge in [-0.15, -0.1) is 0 Å². The Morgan fingerprint density at radius 2 is 0.786 bits per heavy atom. The number of aryl methyl sites for hydroxylation is 2. The van der Waals surface area contributed by atoms with Gasteiger partial charge in [0.15, 0.2) is 0 Å². The van der Waals surface area contributed by atoms with Crippen molar-refractivity contribution >= 4 is 0 Å². The van der Waals surface area contributed by atoms with E-state index in [0.29, 0.717) is 35.1 Å². The zero-order chi connectivity index (χ0) is 49.0. The second-order valence-electron chi connectivity index (χ2n) is 21.2. The van der Waals surface area contributed by atoms with Gasteiger partial charge < -0.3 is 30.6 Å². The average Bonchev–Trinajstić information content (AvgIpc) is 3.88. The van der Waals surface area contributed by atoms with Crippen molar-refractivity contribution in [2.75, 3.05) is 0 Å². The van der Waals surface area contributed by atoms with E-state index in [1.54, 1.807) is 0 Å². The van der Waals surface area contributed by atoms with E-state index in [-0.39, 0.29) is 54.7 Å². The van der Waals surface area contributed by atoms with Gasteiger partial charge in [-0.05, 0) is 174 Å². The number of fused-ring (bicyclic) bond motifs is 9. The summed E-state index contributed by atoms with van der Waals surface area (Å²) in [4.78, 5) is 0. The number of aliphatic hydroxyl groups excluding tert-OH is 4. The lowest BCUT2D eigenvalue weighted by Crippen LogP contribution is -2.33. The van der Waals surface area contributed by atoms with E-state index in [0.717, 1.165) is 44.5 Å². The van der Waals surface area contributed by atoms with E-state index in [2.05, 4.69) is 157 Å². The lowest BCUT2D eigenvalue weighted by Gasteiger charge is -2.39. The number of hydrogen-bond acceptors (Lipinski definition) is 6. The molecule has 8 aromatic carbocycles. The van der Waals surface area contributed by atoms with Crippen LogP contribution < -0.4 is 0 Å². The monoisotopic (exact) mass is 924 g/mol. The summed E-state index contributed by atoms with van der Waals surface area (Å²) in [6.45, 7) is 12.2. The molecule has 3 aliphatic rings. The van der Waals surface area contributed by atoms with Gasteiger partial charge in [-0.25, -0.2) is 0 Å². The first-order valence-electron chi connectivity index (χ1n) is 24.6. The van der Waals surface area contributed by atoms with Gasteiger partial charge in [0, 0.05) is 38.5 Å². The summed E-state index contributed by atoms with van der Waals surface area (Å²) in [6.07, 6.45) is 1.15. The SMILES string of the molecule is Cc1ccc2c(c1)C(C)(C)c1cc(-c3ccc4c(c3)C(C)(C)c3cc(-c5ccc6c(c5)C(CCc5cc(CO)c(O)c(CO)c5)(C(C)c5cc(CO)c(O)c(CO)c5)c5ccccc5-6)ccc3-4)ccc1-2. The highest BCUT2D eigenvalue weighted by Gasteiger charge is 2.48. The van der Waals surface area contributed by atoms with Gasteiger partial charge in [0.05, 0.1) is 26.4 Å². The highest BCUT2D eigenvalue weighted by molar-refractivity contribution is 5.89. The van der Waals surface area contributed by atoms with Gasteiger partial charge in [0.2, 0.25) is 0 Å². The van der Waals surface area contributed by atoms with Gasteiger partial charge >= 0.3 is 0 Å². The van der Waals surface area contributed by atoms with Crippen molar-refractivity contribution in [3.63, 3.8) is 0 Å². The molecule has 2 unspecified atom stereocenters. The predicted molar refractivity (Wildman–Crippen MR) is 280 cm³/mol. The molecule has 0 aromatic heterocycles. The Bertz CT molecular complexity index is 3400. The zero-order valence-corrected chi connectivity index (χ0v) is 40.8. The van der Waals surface area contributed by atoms with Gasteiger partial charge in [0.25, 0.3) is 0 Å². The molecule has 3 aliphatic carbocycles. The number of aromatic hydroxyl groups is 2. The third kappa shape index (κ3) is 6.76. The number of benzene rings is 8.